The monoisotopic (exact) mass is 488 g/mol. The Kier molecular flexibility index (Phi) is 12.5. The first-order valence-corrected chi connectivity index (χ1v) is 10.2. The van der Waals surface area contributed by atoms with Crippen molar-refractivity contribution in [2.75, 3.05) is 32.7 Å². The van der Waals surface area contributed by atoms with E-state index >= 15 is 0 Å². The fourth-order valence-corrected chi connectivity index (χ4v) is 3.18. The molecular formula is C21H37IN4O. The van der Waals surface area contributed by atoms with Gasteiger partial charge < -0.3 is 20.3 Å². The summed E-state index contributed by atoms with van der Waals surface area (Å²) in [5, 5.41) is 6.97. The first kappa shape index (κ1) is 24.0. The number of rotatable bonds is 9. The molecule has 1 aliphatic heterocycles. The van der Waals surface area contributed by atoms with E-state index in [1.165, 1.54) is 45.3 Å². The molecule has 0 radical (unpaired) electrons. The van der Waals surface area contributed by atoms with Crippen LogP contribution in [0.2, 0.25) is 0 Å². The highest BCUT2D eigenvalue weighted by molar-refractivity contribution is 14.0. The van der Waals surface area contributed by atoms with Crippen LogP contribution in [0.3, 0.4) is 0 Å². The summed E-state index contributed by atoms with van der Waals surface area (Å²) < 4.78 is 5.92. The molecule has 1 saturated heterocycles. The topological polar surface area (TPSA) is 48.9 Å². The third-order valence-corrected chi connectivity index (χ3v) is 4.69. The zero-order valence-corrected chi connectivity index (χ0v) is 19.4. The lowest BCUT2D eigenvalue weighted by Crippen LogP contribution is -2.49. The number of nitrogens with zero attached hydrogens (tertiary/aromatic N) is 2. The number of hydrogen-bond donors (Lipinski definition) is 2. The Balaban J connectivity index is 0.00000364. The van der Waals surface area contributed by atoms with E-state index in [0.29, 0.717) is 12.6 Å². The number of aliphatic imine (C=N–C) groups is 1. The molecule has 1 atom stereocenters. The number of nitrogens with one attached hydrogen (secondary N) is 2. The van der Waals surface area contributed by atoms with Crippen LogP contribution < -0.4 is 15.4 Å². The quantitative estimate of drug-likeness (QED) is 0.315. The Labute approximate surface area is 182 Å². The van der Waals surface area contributed by atoms with E-state index in [4.69, 9.17) is 9.73 Å². The van der Waals surface area contributed by atoms with Crippen LogP contribution in [0.4, 0.5) is 0 Å². The summed E-state index contributed by atoms with van der Waals surface area (Å²) >= 11 is 0. The van der Waals surface area contributed by atoms with Crippen LogP contribution in [0.25, 0.3) is 0 Å². The molecule has 2 N–H and O–H groups in total. The average Bonchev–Trinajstić information content (AvgIpc) is 2.66. The molecule has 1 heterocycles. The van der Waals surface area contributed by atoms with Crippen LogP contribution in [0.5, 0.6) is 5.75 Å². The lowest BCUT2D eigenvalue weighted by atomic mass is 10.0. The van der Waals surface area contributed by atoms with Gasteiger partial charge in [-0.3, -0.25) is 0 Å². The molecule has 6 heteroatoms. The Bertz CT molecular complexity index is 518. The SMILES string of the molecule is CCCCN1CCC(NC(=NCC(C)Oc2ccccc2)NCC)CC1.I. The zero-order chi connectivity index (χ0) is 18.6. The van der Waals surface area contributed by atoms with Crippen LogP contribution in [-0.2, 0) is 0 Å². The maximum Gasteiger partial charge on any atom is 0.191 e. The first-order chi connectivity index (χ1) is 12.7. The zero-order valence-electron chi connectivity index (χ0n) is 17.1. The molecule has 1 unspecified atom stereocenters. The number of para-hydroxylation sites is 1. The second kappa shape index (κ2) is 14.0. The lowest BCUT2D eigenvalue weighted by Gasteiger charge is -2.33. The fraction of sp³-hybridized carbons (Fsp3) is 0.667. The lowest BCUT2D eigenvalue weighted by molar-refractivity contribution is 0.203. The molecule has 2 rings (SSSR count). The Morgan fingerprint density at radius 2 is 1.93 bits per heavy atom. The van der Waals surface area contributed by atoms with Crippen molar-refractivity contribution >= 4 is 29.9 Å². The van der Waals surface area contributed by atoms with Crippen molar-refractivity contribution in [1.29, 1.82) is 0 Å². The normalized spacial score (nSPS) is 17.1. The van der Waals surface area contributed by atoms with Crippen molar-refractivity contribution in [2.24, 2.45) is 4.99 Å². The smallest absolute Gasteiger partial charge is 0.191 e. The van der Waals surface area contributed by atoms with E-state index in [2.05, 4.69) is 36.3 Å². The Morgan fingerprint density at radius 1 is 1.22 bits per heavy atom. The standard InChI is InChI=1S/C21H36N4O.HI/c1-4-6-14-25-15-12-19(13-16-25)24-21(22-5-2)23-17-18(3)26-20-10-8-7-9-11-20;/h7-11,18-19H,4-6,12-17H2,1-3H3,(H2,22,23,24);1H. The molecule has 1 fully saturated rings. The molecular weight excluding hydrogens is 451 g/mol. The number of halogens is 1. The van der Waals surface area contributed by atoms with Gasteiger partial charge in [-0.15, -0.1) is 24.0 Å². The number of ether oxygens (including phenoxy) is 1. The molecule has 1 aromatic carbocycles. The molecule has 1 aromatic rings. The summed E-state index contributed by atoms with van der Waals surface area (Å²) in [4.78, 5) is 7.31. The van der Waals surface area contributed by atoms with Crippen LogP contribution >= 0.6 is 24.0 Å². The van der Waals surface area contributed by atoms with Gasteiger partial charge in [-0.1, -0.05) is 31.5 Å². The largest absolute Gasteiger partial charge is 0.489 e. The van der Waals surface area contributed by atoms with Gasteiger partial charge in [0.05, 0.1) is 6.54 Å². The van der Waals surface area contributed by atoms with E-state index < -0.39 is 0 Å². The van der Waals surface area contributed by atoms with Crippen LogP contribution in [-0.4, -0.2) is 55.7 Å². The van der Waals surface area contributed by atoms with Gasteiger partial charge in [-0.25, -0.2) is 4.99 Å². The van der Waals surface area contributed by atoms with Crippen LogP contribution in [0.15, 0.2) is 35.3 Å². The summed E-state index contributed by atoms with van der Waals surface area (Å²) in [5.41, 5.74) is 0. The number of piperidine rings is 1. The molecule has 0 bridgehead atoms. The first-order valence-electron chi connectivity index (χ1n) is 10.2. The summed E-state index contributed by atoms with van der Waals surface area (Å²) in [6.45, 7) is 11.5. The third-order valence-electron chi connectivity index (χ3n) is 4.69. The second-order valence-corrected chi connectivity index (χ2v) is 7.07. The van der Waals surface area contributed by atoms with Crippen molar-refractivity contribution in [1.82, 2.24) is 15.5 Å². The van der Waals surface area contributed by atoms with E-state index in [1.807, 2.05) is 30.3 Å². The number of hydrogen-bond acceptors (Lipinski definition) is 3. The Morgan fingerprint density at radius 3 is 2.56 bits per heavy atom. The number of unbranched alkanes of at least 4 members (excludes halogenated alkanes) is 1. The summed E-state index contributed by atoms with van der Waals surface area (Å²) in [6, 6.07) is 10.5. The van der Waals surface area contributed by atoms with E-state index in [1.54, 1.807) is 0 Å². The van der Waals surface area contributed by atoms with Crippen molar-refractivity contribution in [2.45, 2.75) is 58.6 Å². The predicted octanol–water partition coefficient (Wildman–Crippen LogP) is 3.89. The molecule has 0 aromatic heterocycles. The molecule has 5 nitrogen and oxygen atoms in total. The second-order valence-electron chi connectivity index (χ2n) is 7.07. The highest BCUT2D eigenvalue weighted by Gasteiger charge is 2.19. The number of guanidine groups is 1. The molecule has 154 valence electrons. The van der Waals surface area contributed by atoms with Gasteiger partial charge in [0.2, 0.25) is 0 Å². The third kappa shape index (κ3) is 9.65. The van der Waals surface area contributed by atoms with Crippen molar-refractivity contribution in [3.05, 3.63) is 30.3 Å². The van der Waals surface area contributed by atoms with Gasteiger partial charge in [-0.05, 0) is 51.8 Å². The van der Waals surface area contributed by atoms with Crippen LogP contribution in [0.1, 0.15) is 46.5 Å². The van der Waals surface area contributed by atoms with Gasteiger partial charge in [0, 0.05) is 25.7 Å². The molecule has 0 amide bonds. The van der Waals surface area contributed by atoms with Crippen LogP contribution in [0, 0.1) is 0 Å². The van der Waals surface area contributed by atoms with Gasteiger partial charge in [0.1, 0.15) is 11.9 Å². The minimum atomic E-state index is 0. The van der Waals surface area contributed by atoms with Crippen molar-refractivity contribution in [3.8, 4) is 5.75 Å². The number of benzene rings is 1. The van der Waals surface area contributed by atoms with Crippen molar-refractivity contribution in [3.63, 3.8) is 0 Å². The molecule has 0 saturated carbocycles. The van der Waals surface area contributed by atoms with Gasteiger partial charge in [0.15, 0.2) is 5.96 Å². The molecule has 0 aliphatic carbocycles. The number of likely N-dealkylation sites (tertiary alicyclic amines) is 1. The average molecular weight is 488 g/mol. The molecule has 27 heavy (non-hydrogen) atoms. The van der Waals surface area contributed by atoms with E-state index in [0.717, 1.165) is 18.3 Å². The highest BCUT2D eigenvalue weighted by atomic mass is 127. The summed E-state index contributed by atoms with van der Waals surface area (Å²) in [6.07, 6.45) is 5.00. The summed E-state index contributed by atoms with van der Waals surface area (Å²) in [7, 11) is 0. The minimum Gasteiger partial charge on any atom is -0.489 e. The maximum absolute atomic E-state index is 5.92. The van der Waals surface area contributed by atoms with Gasteiger partial charge >= 0.3 is 0 Å². The molecule has 0 spiro atoms. The van der Waals surface area contributed by atoms with Gasteiger partial charge in [0.25, 0.3) is 0 Å². The summed E-state index contributed by atoms with van der Waals surface area (Å²) in [5.74, 6) is 1.80. The fourth-order valence-electron chi connectivity index (χ4n) is 3.18. The van der Waals surface area contributed by atoms with Crippen molar-refractivity contribution < 1.29 is 4.74 Å². The Hall–Kier alpha value is -1.02. The molecule has 1 aliphatic rings. The maximum atomic E-state index is 5.92. The van der Waals surface area contributed by atoms with Gasteiger partial charge in [-0.2, -0.15) is 0 Å². The van der Waals surface area contributed by atoms with E-state index in [-0.39, 0.29) is 30.1 Å². The van der Waals surface area contributed by atoms with E-state index in [9.17, 15) is 0 Å². The predicted molar refractivity (Wildman–Crippen MR) is 125 cm³/mol. The highest BCUT2D eigenvalue weighted by Crippen LogP contribution is 2.12. The minimum absolute atomic E-state index is 0.